The molecule has 0 aliphatic rings. The summed E-state index contributed by atoms with van der Waals surface area (Å²) >= 11 is 1.24. The highest BCUT2D eigenvalue weighted by Gasteiger charge is 2.07. The van der Waals surface area contributed by atoms with Gasteiger partial charge in [0, 0.05) is 17.2 Å². The van der Waals surface area contributed by atoms with Crippen LogP contribution in [0.1, 0.15) is 11.4 Å². The zero-order valence-corrected chi connectivity index (χ0v) is 11.1. The van der Waals surface area contributed by atoms with Gasteiger partial charge in [-0.25, -0.2) is 4.98 Å². The predicted octanol–water partition coefficient (Wildman–Crippen LogP) is 1.85. The van der Waals surface area contributed by atoms with Gasteiger partial charge in [0.15, 0.2) is 5.52 Å². The first-order chi connectivity index (χ1) is 9.79. The van der Waals surface area contributed by atoms with Crippen LogP contribution in [0.3, 0.4) is 0 Å². The zero-order valence-electron chi connectivity index (χ0n) is 10.3. The summed E-state index contributed by atoms with van der Waals surface area (Å²) in [7, 11) is 0. The van der Waals surface area contributed by atoms with Crippen molar-refractivity contribution in [2.45, 2.75) is 6.42 Å². The van der Waals surface area contributed by atoms with Gasteiger partial charge in [0.2, 0.25) is 0 Å². The molecule has 0 fully saturated rings. The third kappa shape index (κ3) is 1.79. The summed E-state index contributed by atoms with van der Waals surface area (Å²) in [5.74, 6) is 0.644. The molecule has 0 aliphatic heterocycles. The summed E-state index contributed by atoms with van der Waals surface area (Å²) < 4.78 is 4.02. The van der Waals surface area contributed by atoms with Crippen LogP contribution >= 0.6 is 11.5 Å². The minimum Gasteiger partial charge on any atom is -0.308 e. The Kier molecular flexibility index (Phi) is 2.40. The molecule has 0 bridgehead atoms. The Hall–Kier alpha value is -2.54. The lowest BCUT2D eigenvalue weighted by Crippen LogP contribution is -2.11. The predicted molar refractivity (Wildman–Crippen MR) is 76.9 cm³/mol. The number of fused-ring (bicyclic) bond motifs is 2. The number of nitrogens with one attached hydrogen (secondary N) is 2. The summed E-state index contributed by atoms with van der Waals surface area (Å²) in [6, 6.07) is 6.01. The van der Waals surface area contributed by atoms with E-state index in [1.54, 1.807) is 11.6 Å². The van der Waals surface area contributed by atoms with E-state index in [9.17, 15) is 4.79 Å². The molecule has 0 saturated heterocycles. The van der Waals surface area contributed by atoms with Crippen molar-refractivity contribution in [3.8, 4) is 0 Å². The van der Waals surface area contributed by atoms with Crippen LogP contribution in [0.4, 0.5) is 0 Å². The van der Waals surface area contributed by atoms with Crippen LogP contribution in [0.25, 0.3) is 21.9 Å². The molecule has 3 aromatic heterocycles. The zero-order chi connectivity index (χ0) is 13.5. The number of rotatable bonds is 2. The molecule has 0 spiro atoms. The molecule has 1 aromatic carbocycles. The molecular formula is C13H9N5OS. The molecule has 0 unspecified atom stereocenters. The number of aromatic nitrogens is 5. The Morgan fingerprint density at radius 3 is 3.20 bits per heavy atom. The first-order valence-electron chi connectivity index (χ1n) is 6.05. The molecule has 4 aromatic rings. The van der Waals surface area contributed by atoms with E-state index in [0.717, 1.165) is 16.5 Å². The van der Waals surface area contributed by atoms with Crippen molar-refractivity contribution in [3.05, 3.63) is 51.5 Å². The molecule has 2 N–H and O–H groups in total. The first-order valence-corrected chi connectivity index (χ1v) is 6.88. The maximum atomic E-state index is 11.9. The number of hydrogen-bond acceptors (Lipinski definition) is 5. The number of aromatic amines is 2. The fourth-order valence-electron chi connectivity index (χ4n) is 2.21. The number of nitrogens with zero attached hydrogens (tertiary/aromatic N) is 3. The van der Waals surface area contributed by atoms with Gasteiger partial charge in [-0.3, -0.25) is 9.89 Å². The minimum absolute atomic E-state index is 0.185. The number of hydrogen-bond donors (Lipinski definition) is 2. The van der Waals surface area contributed by atoms with Crippen molar-refractivity contribution in [2.24, 2.45) is 0 Å². The van der Waals surface area contributed by atoms with E-state index in [4.69, 9.17) is 0 Å². The quantitative estimate of drug-likeness (QED) is 0.587. The maximum Gasteiger partial charge on any atom is 0.278 e. The third-order valence-corrected chi connectivity index (χ3v) is 3.77. The molecule has 0 radical (unpaired) electrons. The van der Waals surface area contributed by atoms with Gasteiger partial charge in [0.05, 0.1) is 11.7 Å². The van der Waals surface area contributed by atoms with Crippen molar-refractivity contribution < 1.29 is 0 Å². The van der Waals surface area contributed by atoms with Gasteiger partial charge in [-0.05, 0) is 29.2 Å². The molecule has 3 heterocycles. The van der Waals surface area contributed by atoms with Gasteiger partial charge in [-0.2, -0.15) is 9.47 Å². The van der Waals surface area contributed by atoms with Crippen molar-refractivity contribution in [2.75, 3.05) is 0 Å². The van der Waals surface area contributed by atoms with E-state index >= 15 is 0 Å². The van der Waals surface area contributed by atoms with Crippen molar-refractivity contribution >= 4 is 33.5 Å². The summed E-state index contributed by atoms with van der Waals surface area (Å²) in [5, 5.41) is 9.73. The number of H-pyrrole nitrogens is 2. The smallest absolute Gasteiger partial charge is 0.278 e. The fraction of sp³-hybridized carbons (Fsp3) is 0.0769. The lowest BCUT2D eigenvalue weighted by atomic mass is 10.1. The Morgan fingerprint density at radius 2 is 2.25 bits per heavy atom. The van der Waals surface area contributed by atoms with Gasteiger partial charge < -0.3 is 4.98 Å². The lowest BCUT2D eigenvalue weighted by molar-refractivity contribution is 0.973. The molecule has 4 rings (SSSR count). The summed E-state index contributed by atoms with van der Waals surface area (Å²) in [6.45, 7) is 0. The Bertz CT molecular complexity index is 967. The van der Waals surface area contributed by atoms with E-state index in [-0.39, 0.29) is 5.56 Å². The van der Waals surface area contributed by atoms with E-state index in [2.05, 4.69) is 24.5 Å². The first kappa shape index (κ1) is 11.3. The van der Waals surface area contributed by atoms with E-state index in [1.165, 1.54) is 11.5 Å². The highest BCUT2D eigenvalue weighted by Crippen LogP contribution is 2.15. The van der Waals surface area contributed by atoms with E-state index in [0.29, 0.717) is 23.3 Å². The van der Waals surface area contributed by atoms with E-state index < -0.39 is 0 Å². The molecule has 0 amide bonds. The third-order valence-electron chi connectivity index (χ3n) is 3.16. The van der Waals surface area contributed by atoms with E-state index in [1.807, 2.05) is 18.2 Å². The fourth-order valence-corrected chi connectivity index (χ4v) is 2.81. The average molecular weight is 283 g/mol. The van der Waals surface area contributed by atoms with Gasteiger partial charge in [-0.15, -0.1) is 0 Å². The van der Waals surface area contributed by atoms with Crippen LogP contribution in [0, 0.1) is 0 Å². The topological polar surface area (TPSA) is 87.3 Å². The SMILES string of the molecule is O=c1[nH]c(Cc2ccc3[nH]ncc3c2)nc2csnc12. The molecule has 6 nitrogen and oxygen atoms in total. The van der Waals surface area contributed by atoms with Crippen molar-refractivity contribution in [3.63, 3.8) is 0 Å². The van der Waals surface area contributed by atoms with Crippen LogP contribution in [-0.4, -0.2) is 24.5 Å². The van der Waals surface area contributed by atoms with Crippen LogP contribution < -0.4 is 5.56 Å². The van der Waals surface area contributed by atoms with Crippen LogP contribution in [0.15, 0.2) is 34.6 Å². The highest BCUT2D eigenvalue weighted by molar-refractivity contribution is 7.04. The van der Waals surface area contributed by atoms with Crippen LogP contribution in [0.2, 0.25) is 0 Å². The average Bonchev–Trinajstić information content (AvgIpc) is 3.06. The summed E-state index contributed by atoms with van der Waals surface area (Å²) in [5.41, 5.74) is 2.94. The van der Waals surface area contributed by atoms with Crippen LogP contribution in [-0.2, 0) is 6.42 Å². The lowest BCUT2D eigenvalue weighted by Gasteiger charge is -2.01. The van der Waals surface area contributed by atoms with Crippen molar-refractivity contribution in [1.29, 1.82) is 0 Å². The van der Waals surface area contributed by atoms with Gasteiger partial charge in [0.1, 0.15) is 11.3 Å². The second-order valence-corrected chi connectivity index (χ2v) is 5.16. The van der Waals surface area contributed by atoms with Gasteiger partial charge in [-0.1, -0.05) is 6.07 Å². The largest absolute Gasteiger partial charge is 0.308 e. The van der Waals surface area contributed by atoms with Gasteiger partial charge >= 0.3 is 0 Å². The van der Waals surface area contributed by atoms with Crippen LogP contribution in [0.5, 0.6) is 0 Å². The Balaban J connectivity index is 1.77. The standard InChI is InChI=1S/C13H9N5OS/c19-13-12-10(6-20-18-12)15-11(16-13)4-7-1-2-9-8(3-7)5-14-17-9/h1-3,5-6H,4H2,(H,14,17)(H,15,16,19). The molecule has 0 atom stereocenters. The molecule has 20 heavy (non-hydrogen) atoms. The Morgan fingerprint density at radius 1 is 1.30 bits per heavy atom. The molecule has 0 aliphatic carbocycles. The minimum atomic E-state index is -0.185. The summed E-state index contributed by atoms with van der Waals surface area (Å²) in [6.07, 6.45) is 2.35. The normalized spacial score (nSPS) is 11.4. The number of benzene rings is 1. The van der Waals surface area contributed by atoms with Crippen molar-refractivity contribution in [1.82, 2.24) is 24.5 Å². The molecule has 0 saturated carbocycles. The van der Waals surface area contributed by atoms with Gasteiger partial charge in [0.25, 0.3) is 5.56 Å². The monoisotopic (exact) mass is 283 g/mol. The highest BCUT2D eigenvalue weighted by atomic mass is 32.1. The molecule has 7 heteroatoms. The second kappa shape index (κ2) is 4.24. The molecular weight excluding hydrogens is 274 g/mol. The Labute approximate surface area is 116 Å². The summed E-state index contributed by atoms with van der Waals surface area (Å²) in [4.78, 5) is 19.1. The maximum absolute atomic E-state index is 11.9. The molecule has 98 valence electrons. The second-order valence-electron chi connectivity index (χ2n) is 4.53.